The minimum absolute atomic E-state index is 0.198. The zero-order chi connectivity index (χ0) is 23.5. The summed E-state index contributed by atoms with van der Waals surface area (Å²) in [6.45, 7) is 3.24. The Morgan fingerprint density at radius 3 is 2.53 bits per heavy atom. The van der Waals surface area contributed by atoms with Crippen LogP contribution in [-0.2, 0) is 31.1 Å². The second-order valence-corrected chi connectivity index (χ2v) is 6.92. The number of hydrogen-bond acceptors (Lipinski definition) is 6. The van der Waals surface area contributed by atoms with Crippen molar-refractivity contribution in [3.05, 3.63) is 69.1 Å². The predicted molar refractivity (Wildman–Crippen MR) is 111 cm³/mol. The van der Waals surface area contributed by atoms with Crippen LogP contribution in [-0.4, -0.2) is 32.6 Å². The quantitative estimate of drug-likeness (QED) is 0.407. The van der Waals surface area contributed by atoms with E-state index in [4.69, 9.17) is 4.74 Å². The molecule has 0 spiro atoms. The Morgan fingerprint density at radius 2 is 1.94 bits per heavy atom. The van der Waals surface area contributed by atoms with Crippen LogP contribution in [0.1, 0.15) is 36.1 Å². The third kappa shape index (κ3) is 4.66. The molecule has 0 N–H and O–H groups in total. The Kier molecular flexibility index (Phi) is 6.66. The average molecular weight is 449 g/mol. The number of oxime groups is 1. The molecule has 0 aliphatic carbocycles. The molecule has 8 nitrogen and oxygen atoms in total. The number of halogens is 3. The minimum atomic E-state index is -4.65. The molecule has 0 unspecified atom stereocenters. The summed E-state index contributed by atoms with van der Waals surface area (Å²) >= 11 is 0. The summed E-state index contributed by atoms with van der Waals surface area (Å²) < 4.78 is 49.0. The van der Waals surface area contributed by atoms with E-state index in [1.54, 1.807) is 19.1 Å². The molecule has 0 radical (unpaired) electrons. The van der Waals surface area contributed by atoms with Crippen molar-refractivity contribution in [2.45, 2.75) is 33.1 Å². The molecule has 0 saturated heterocycles. The van der Waals surface area contributed by atoms with Crippen LogP contribution in [0.15, 0.2) is 46.3 Å². The number of ether oxygens (including phenoxy) is 1. The zero-order valence-electron chi connectivity index (χ0n) is 18.0. The second kappa shape index (κ2) is 9.25. The van der Waals surface area contributed by atoms with Crippen LogP contribution in [0.4, 0.5) is 13.2 Å². The van der Waals surface area contributed by atoms with Crippen LogP contribution in [0.3, 0.4) is 0 Å². The van der Waals surface area contributed by atoms with Crippen molar-refractivity contribution < 1.29 is 22.7 Å². The van der Waals surface area contributed by atoms with Crippen molar-refractivity contribution >= 4 is 5.71 Å². The number of alkyl halides is 3. The van der Waals surface area contributed by atoms with E-state index in [0.29, 0.717) is 23.4 Å². The third-order valence-corrected chi connectivity index (χ3v) is 4.88. The smallest absolute Gasteiger partial charge is 0.419 e. The molecule has 170 valence electrons. The summed E-state index contributed by atoms with van der Waals surface area (Å²) in [5.41, 5.74) is 0.897. The first-order valence-corrected chi connectivity index (χ1v) is 9.69. The van der Waals surface area contributed by atoms with Crippen LogP contribution in [0.25, 0.3) is 5.69 Å². The van der Waals surface area contributed by atoms with E-state index >= 15 is 0 Å². The largest absolute Gasteiger partial charge is 0.488 e. The summed E-state index contributed by atoms with van der Waals surface area (Å²) in [6.07, 6.45) is -4.06. The highest BCUT2D eigenvalue weighted by atomic mass is 19.4. The third-order valence-electron chi connectivity index (χ3n) is 4.88. The summed E-state index contributed by atoms with van der Waals surface area (Å²) in [5, 5.41) is 11.2. The molecule has 0 saturated carbocycles. The van der Waals surface area contributed by atoms with Crippen molar-refractivity contribution in [2.24, 2.45) is 12.2 Å². The molecule has 1 heterocycles. The molecule has 32 heavy (non-hydrogen) atoms. The number of aryl methyl sites for hydroxylation is 2. The van der Waals surface area contributed by atoms with Gasteiger partial charge in [-0.1, -0.05) is 24.2 Å². The van der Waals surface area contributed by atoms with Crippen molar-refractivity contribution in [3.8, 4) is 11.4 Å². The van der Waals surface area contributed by atoms with Crippen LogP contribution in [0.5, 0.6) is 5.75 Å². The Balaban J connectivity index is 2.02. The maximum atomic E-state index is 13.7. The second-order valence-electron chi connectivity index (χ2n) is 6.92. The number of benzene rings is 2. The van der Waals surface area contributed by atoms with E-state index < -0.39 is 17.4 Å². The Morgan fingerprint density at radius 1 is 1.19 bits per heavy atom. The normalized spacial score (nSPS) is 12.2. The van der Waals surface area contributed by atoms with Gasteiger partial charge in [0.25, 0.3) is 0 Å². The summed E-state index contributed by atoms with van der Waals surface area (Å²) in [7, 11) is 2.77. The van der Waals surface area contributed by atoms with Gasteiger partial charge in [-0.2, -0.15) is 22.5 Å². The highest BCUT2D eigenvalue weighted by molar-refractivity contribution is 5.98. The van der Waals surface area contributed by atoms with E-state index in [1.807, 2.05) is 13.0 Å². The molecule has 0 aliphatic rings. The fourth-order valence-electron chi connectivity index (χ4n) is 3.22. The van der Waals surface area contributed by atoms with Gasteiger partial charge in [0.15, 0.2) is 0 Å². The van der Waals surface area contributed by atoms with Crippen LogP contribution >= 0.6 is 0 Å². The zero-order valence-corrected chi connectivity index (χ0v) is 18.0. The fourth-order valence-corrected chi connectivity index (χ4v) is 3.22. The summed E-state index contributed by atoms with van der Waals surface area (Å²) in [6, 6.07) is 8.89. The molecule has 0 atom stereocenters. The van der Waals surface area contributed by atoms with E-state index in [2.05, 4.69) is 20.4 Å². The first-order chi connectivity index (χ1) is 15.2. The summed E-state index contributed by atoms with van der Waals surface area (Å²) in [5.74, 6) is -0.338. The Labute approximate surface area is 181 Å². The topological polar surface area (TPSA) is 83.5 Å². The molecule has 0 fully saturated rings. The number of aromatic nitrogens is 4. The highest BCUT2D eigenvalue weighted by Gasteiger charge is 2.35. The number of nitrogens with zero attached hydrogens (tertiary/aromatic N) is 5. The molecule has 11 heteroatoms. The van der Waals surface area contributed by atoms with E-state index in [1.165, 1.54) is 26.3 Å². The van der Waals surface area contributed by atoms with Gasteiger partial charge in [-0.25, -0.2) is 4.79 Å². The van der Waals surface area contributed by atoms with Crippen molar-refractivity contribution in [1.82, 2.24) is 19.8 Å². The molecular weight excluding hydrogens is 427 g/mol. The predicted octanol–water partition coefficient (Wildman–Crippen LogP) is 3.50. The number of tetrazole rings is 1. The molecule has 3 aromatic rings. The van der Waals surface area contributed by atoms with Crippen molar-refractivity contribution in [2.75, 3.05) is 7.11 Å². The lowest BCUT2D eigenvalue weighted by Crippen LogP contribution is -2.23. The Hall–Kier alpha value is -3.63. The Bertz CT molecular complexity index is 1200. The van der Waals surface area contributed by atoms with E-state index in [0.717, 1.165) is 21.0 Å². The molecule has 0 amide bonds. The highest BCUT2D eigenvalue weighted by Crippen LogP contribution is 2.37. The van der Waals surface area contributed by atoms with Crippen molar-refractivity contribution in [3.63, 3.8) is 0 Å². The molecule has 0 bridgehead atoms. The number of rotatable bonds is 7. The van der Waals surface area contributed by atoms with Crippen molar-refractivity contribution in [1.29, 1.82) is 0 Å². The lowest BCUT2D eigenvalue weighted by atomic mass is 10.0. The monoisotopic (exact) mass is 449 g/mol. The maximum absolute atomic E-state index is 13.7. The fraction of sp³-hybridized carbons (Fsp3) is 0.333. The summed E-state index contributed by atoms with van der Waals surface area (Å²) in [4.78, 5) is 17.0. The minimum Gasteiger partial charge on any atom is -0.488 e. The SMILES string of the molecule is CCc1cccc(-n2nnn(C)c2=O)c1COc1ccc(/C(C)=N/OC)cc1C(F)(F)F. The van der Waals surface area contributed by atoms with Gasteiger partial charge < -0.3 is 9.57 Å². The molecule has 1 aromatic heterocycles. The van der Waals surface area contributed by atoms with E-state index in [9.17, 15) is 18.0 Å². The first-order valence-electron chi connectivity index (χ1n) is 9.69. The number of hydrogen-bond donors (Lipinski definition) is 0. The van der Waals surface area contributed by atoms with Crippen LogP contribution in [0.2, 0.25) is 0 Å². The molecule has 2 aromatic carbocycles. The van der Waals surface area contributed by atoms with Gasteiger partial charge >= 0.3 is 11.9 Å². The standard InChI is InChI=1S/C21H22F3N5O3/c1-5-14-7-6-8-18(29-20(30)28(3)26-27-29)16(14)12-32-19-10-9-15(13(2)25-31-4)11-17(19)21(22,23)24/h6-11H,5,12H2,1-4H3/b25-13+. The van der Waals surface area contributed by atoms with Crippen LogP contribution in [0, 0.1) is 0 Å². The van der Waals surface area contributed by atoms with Gasteiger partial charge in [0, 0.05) is 12.6 Å². The van der Waals surface area contributed by atoms with Gasteiger partial charge in [-0.05, 0) is 59.2 Å². The first kappa shape index (κ1) is 23.0. The average Bonchev–Trinajstić information content (AvgIpc) is 3.09. The molecule has 0 aliphatic heterocycles. The van der Waals surface area contributed by atoms with Gasteiger partial charge in [-0.3, -0.25) is 0 Å². The van der Waals surface area contributed by atoms with Gasteiger partial charge in [0.05, 0.1) is 17.0 Å². The van der Waals surface area contributed by atoms with Gasteiger partial charge in [-0.15, -0.1) is 0 Å². The lowest BCUT2D eigenvalue weighted by Gasteiger charge is -2.18. The van der Waals surface area contributed by atoms with E-state index in [-0.39, 0.29) is 17.9 Å². The molecule has 3 rings (SSSR count). The van der Waals surface area contributed by atoms with Gasteiger partial charge in [0.2, 0.25) is 0 Å². The molecular formula is C21H22F3N5O3. The van der Waals surface area contributed by atoms with Crippen LogP contribution < -0.4 is 10.4 Å². The maximum Gasteiger partial charge on any atom is 0.419 e. The van der Waals surface area contributed by atoms with Gasteiger partial charge in [0.1, 0.15) is 19.5 Å². The lowest BCUT2D eigenvalue weighted by molar-refractivity contribution is -0.139.